The lowest BCUT2D eigenvalue weighted by atomic mass is 9.81. The van der Waals surface area contributed by atoms with Crippen molar-refractivity contribution >= 4 is 21.9 Å². The molecule has 29 heavy (non-hydrogen) atoms. The Morgan fingerprint density at radius 3 is 2.31 bits per heavy atom. The number of fused-ring (bicyclic) bond motifs is 6. The average Bonchev–Trinajstić information content (AvgIpc) is 3.21. The molecule has 1 aliphatic carbocycles. The molecule has 4 aromatic carbocycles. The Morgan fingerprint density at radius 2 is 1.41 bits per heavy atom. The second-order valence-electron chi connectivity index (χ2n) is 8.72. The summed E-state index contributed by atoms with van der Waals surface area (Å²) in [4.78, 5) is 0. The van der Waals surface area contributed by atoms with Crippen LogP contribution >= 0.6 is 0 Å². The summed E-state index contributed by atoms with van der Waals surface area (Å²) < 4.78 is 6.33. The number of hydrogen-bond donors (Lipinski definition) is 0. The van der Waals surface area contributed by atoms with Gasteiger partial charge in [-0.05, 0) is 64.6 Å². The zero-order chi connectivity index (χ0) is 19.8. The normalized spacial score (nSPS) is 14.3. The second kappa shape index (κ2) is 5.61. The van der Waals surface area contributed by atoms with Crippen LogP contribution in [0.15, 0.2) is 83.3 Å². The molecule has 1 heterocycles. The predicted octanol–water partition coefficient (Wildman–Crippen LogP) is 7.87. The van der Waals surface area contributed by atoms with E-state index < -0.39 is 0 Å². The molecular weight excluding hydrogens is 352 g/mol. The van der Waals surface area contributed by atoms with E-state index in [0.29, 0.717) is 0 Å². The SMILES string of the molecule is Cc1cc(-c2ccc3c(c2)C(C)(C)c2ccccc2-3)c2oc3ccccc3c2c1. The molecule has 0 amide bonds. The van der Waals surface area contributed by atoms with Gasteiger partial charge in [-0.15, -0.1) is 0 Å². The monoisotopic (exact) mass is 374 g/mol. The summed E-state index contributed by atoms with van der Waals surface area (Å²) in [5.41, 5.74) is 11.1. The van der Waals surface area contributed by atoms with Crippen LogP contribution < -0.4 is 0 Å². The van der Waals surface area contributed by atoms with Gasteiger partial charge in [0.2, 0.25) is 0 Å². The fraction of sp³-hybridized carbons (Fsp3) is 0.143. The maximum atomic E-state index is 6.33. The first-order valence-electron chi connectivity index (χ1n) is 10.2. The number of rotatable bonds is 1. The van der Waals surface area contributed by atoms with Gasteiger partial charge in [-0.25, -0.2) is 0 Å². The standard InChI is InChI=1S/C28H22O/c1-17-14-22(27-23(15-17)21-9-5-7-11-26(21)29-27)18-12-13-20-19-8-4-6-10-24(19)28(2,3)25(20)16-18/h4-16H,1-3H3. The minimum absolute atomic E-state index is 0.00124. The largest absolute Gasteiger partial charge is 0.455 e. The molecule has 1 aromatic heterocycles. The van der Waals surface area contributed by atoms with E-state index in [1.54, 1.807) is 0 Å². The van der Waals surface area contributed by atoms with E-state index in [2.05, 4.69) is 93.6 Å². The molecule has 0 bridgehead atoms. The molecular formula is C28H22O. The molecule has 6 rings (SSSR count). The van der Waals surface area contributed by atoms with Gasteiger partial charge in [0.1, 0.15) is 11.2 Å². The molecule has 140 valence electrons. The molecule has 0 radical (unpaired) electrons. The molecule has 0 unspecified atom stereocenters. The van der Waals surface area contributed by atoms with E-state index in [9.17, 15) is 0 Å². The smallest absolute Gasteiger partial charge is 0.143 e. The van der Waals surface area contributed by atoms with Gasteiger partial charge in [-0.3, -0.25) is 0 Å². The molecule has 0 aliphatic heterocycles. The van der Waals surface area contributed by atoms with E-state index in [1.807, 2.05) is 6.07 Å². The van der Waals surface area contributed by atoms with Gasteiger partial charge in [-0.2, -0.15) is 0 Å². The Kier molecular flexibility index (Phi) is 3.21. The summed E-state index contributed by atoms with van der Waals surface area (Å²) in [5, 5.41) is 2.37. The van der Waals surface area contributed by atoms with Crippen molar-refractivity contribution in [2.75, 3.05) is 0 Å². The Labute approximate surface area is 170 Å². The van der Waals surface area contributed by atoms with Crippen molar-refractivity contribution in [3.63, 3.8) is 0 Å². The lowest BCUT2D eigenvalue weighted by Gasteiger charge is -2.22. The van der Waals surface area contributed by atoms with Gasteiger partial charge in [0.05, 0.1) is 0 Å². The molecule has 0 saturated heterocycles. The zero-order valence-corrected chi connectivity index (χ0v) is 16.9. The molecule has 1 nitrogen and oxygen atoms in total. The van der Waals surface area contributed by atoms with E-state index in [4.69, 9.17) is 4.42 Å². The Balaban J connectivity index is 1.63. The van der Waals surface area contributed by atoms with Gasteiger partial charge >= 0.3 is 0 Å². The third-order valence-electron chi connectivity index (χ3n) is 6.52. The van der Waals surface area contributed by atoms with E-state index >= 15 is 0 Å². The number of para-hydroxylation sites is 1. The average molecular weight is 374 g/mol. The Morgan fingerprint density at radius 1 is 0.655 bits per heavy atom. The molecule has 1 heteroatoms. The van der Waals surface area contributed by atoms with Crippen molar-refractivity contribution in [3.05, 3.63) is 95.6 Å². The predicted molar refractivity (Wildman–Crippen MR) is 121 cm³/mol. The van der Waals surface area contributed by atoms with Crippen LogP contribution in [0.25, 0.3) is 44.2 Å². The topological polar surface area (TPSA) is 13.1 Å². The fourth-order valence-corrected chi connectivity index (χ4v) is 5.06. The van der Waals surface area contributed by atoms with Crippen molar-refractivity contribution < 1.29 is 4.42 Å². The van der Waals surface area contributed by atoms with Gasteiger partial charge in [0.25, 0.3) is 0 Å². The van der Waals surface area contributed by atoms with Crippen LogP contribution in [0.1, 0.15) is 30.5 Å². The molecule has 0 atom stereocenters. The van der Waals surface area contributed by atoms with E-state index in [1.165, 1.54) is 49.7 Å². The van der Waals surface area contributed by atoms with Crippen LogP contribution in [0.2, 0.25) is 0 Å². The minimum Gasteiger partial charge on any atom is -0.455 e. The lowest BCUT2D eigenvalue weighted by Crippen LogP contribution is -2.14. The Bertz CT molecular complexity index is 1430. The lowest BCUT2D eigenvalue weighted by molar-refractivity contribution is 0.660. The van der Waals surface area contributed by atoms with Crippen LogP contribution in [0.3, 0.4) is 0 Å². The first-order chi connectivity index (χ1) is 14.0. The minimum atomic E-state index is -0.00124. The zero-order valence-electron chi connectivity index (χ0n) is 16.9. The number of hydrogen-bond acceptors (Lipinski definition) is 1. The van der Waals surface area contributed by atoms with Gasteiger partial charge < -0.3 is 4.42 Å². The van der Waals surface area contributed by atoms with Crippen molar-refractivity contribution in [2.24, 2.45) is 0 Å². The second-order valence-corrected chi connectivity index (χ2v) is 8.72. The third kappa shape index (κ3) is 2.22. The maximum Gasteiger partial charge on any atom is 0.143 e. The van der Waals surface area contributed by atoms with Crippen molar-refractivity contribution in [3.8, 4) is 22.3 Å². The van der Waals surface area contributed by atoms with Crippen molar-refractivity contribution in [2.45, 2.75) is 26.2 Å². The fourth-order valence-electron chi connectivity index (χ4n) is 5.06. The number of aryl methyl sites for hydroxylation is 1. The number of benzene rings is 4. The third-order valence-corrected chi connectivity index (χ3v) is 6.52. The molecule has 0 N–H and O–H groups in total. The summed E-state index contributed by atoms with van der Waals surface area (Å²) in [6, 6.07) is 28.5. The van der Waals surface area contributed by atoms with Crippen LogP contribution in [0, 0.1) is 6.92 Å². The van der Waals surface area contributed by atoms with Crippen molar-refractivity contribution in [1.29, 1.82) is 0 Å². The highest BCUT2D eigenvalue weighted by atomic mass is 16.3. The molecule has 0 spiro atoms. The van der Waals surface area contributed by atoms with Gasteiger partial charge in [-0.1, -0.05) is 68.4 Å². The van der Waals surface area contributed by atoms with Crippen LogP contribution in [0.5, 0.6) is 0 Å². The van der Waals surface area contributed by atoms with Gasteiger partial charge in [0, 0.05) is 21.8 Å². The first-order valence-corrected chi connectivity index (χ1v) is 10.2. The summed E-state index contributed by atoms with van der Waals surface area (Å²) >= 11 is 0. The highest BCUT2D eigenvalue weighted by Crippen LogP contribution is 2.50. The summed E-state index contributed by atoms with van der Waals surface area (Å²) in [6.45, 7) is 6.82. The quantitative estimate of drug-likeness (QED) is 0.291. The summed E-state index contributed by atoms with van der Waals surface area (Å²) in [5.74, 6) is 0. The number of furan rings is 1. The van der Waals surface area contributed by atoms with Crippen molar-refractivity contribution in [1.82, 2.24) is 0 Å². The van der Waals surface area contributed by atoms with Gasteiger partial charge in [0.15, 0.2) is 0 Å². The Hall–Kier alpha value is -3.32. The van der Waals surface area contributed by atoms with Crippen LogP contribution in [-0.2, 0) is 5.41 Å². The van der Waals surface area contributed by atoms with E-state index in [0.717, 1.165) is 11.2 Å². The van der Waals surface area contributed by atoms with E-state index in [-0.39, 0.29) is 5.41 Å². The maximum absolute atomic E-state index is 6.33. The highest BCUT2D eigenvalue weighted by molar-refractivity contribution is 6.10. The molecule has 1 aliphatic rings. The van der Waals surface area contributed by atoms with Crippen LogP contribution in [-0.4, -0.2) is 0 Å². The van der Waals surface area contributed by atoms with Crippen LogP contribution in [0.4, 0.5) is 0 Å². The summed E-state index contributed by atoms with van der Waals surface area (Å²) in [7, 11) is 0. The summed E-state index contributed by atoms with van der Waals surface area (Å²) in [6.07, 6.45) is 0. The molecule has 0 fully saturated rings. The highest BCUT2D eigenvalue weighted by Gasteiger charge is 2.35. The molecule has 5 aromatic rings. The molecule has 0 saturated carbocycles. The first kappa shape index (κ1) is 16.6.